The smallest absolute Gasteiger partial charge is 0.303 e. The molecule has 0 spiro atoms. The molecule has 0 aromatic heterocycles. The summed E-state index contributed by atoms with van der Waals surface area (Å²) in [6.45, 7) is 5.14. The molecule has 0 fully saturated rings. The summed E-state index contributed by atoms with van der Waals surface area (Å²) in [4.78, 5) is 25.0. The number of para-hydroxylation sites is 1. The molecule has 0 bridgehead atoms. The Morgan fingerprint density at radius 1 is 1.20 bits per heavy atom. The maximum absolute atomic E-state index is 13.5. The summed E-state index contributed by atoms with van der Waals surface area (Å²) in [5.41, 5.74) is 0.316. The fourth-order valence-corrected chi connectivity index (χ4v) is 4.68. The van der Waals surface area contributed by atoms with Crippen molar-refractivity contribution in [3.05, 3.63) is 46.9 Å². The van der Waals surface area contributed by atoms with Crippen molar-refractivity contribution in [3.8, 4) is 11.5 Å². The Balaban J connectivity index is 1.91. The molecule has 1 aliphatic carbocycles. The standard InChI is InChI=1S/C22H23BrO7/c1-10(24)28-20-16-14(30-22(2,3)21(20)23)9-13(27-5)15-17(25)11-7-6-8-12(26-4)18(11)29-19(15)16/h6-9,15,19-21H,1-5H3/t15?,19?,20-,21+/m0/s1. The van der Waals surface area contributed by atoms with Crippen LogP contribution in [0.3, 0.4) is 0 Å². The maximum Gasteiger partial charge on any atom is 0.303 e. The molecule has 0 saturated heterocycles. The zero-order chi connectivity index (χ0) is 21.8. The van der Waals surface area contributed by atoms with Gasteiger partial charge < -0.3 is 23.7 Å². The van der Waals surface area contributed by atoms with Crippen LogP contribution in [0, 0.1) is 5.92 Å². The topological polar surface area (TPSA) is 80.3 Å². The van der Waals surface area contributed by atoms with Gasteiger partial charge in [-0.15, -0.1) is 0 Å². The van der Waals surface area contributed by atoms with E-state index in [1.807, 2.05) is 13.8 Å². The molecular formula is C22H23BrO7. The number of hydrogen-bond donors (Lipinski definition) is 0. The zero-order valence-corrected chi connectivity index (χ0v) is 18.9. The summed E-state index contributed by atoms with van der Waals surface area (Å²) in [6.07, 6.45) is 0.240. The third-order valence-electron chi connectivity index (χ3n) is 5.60. The molecular weight excluding hydrogens is 456 g/mol. The van der Waals surface area contributed by atoms with Crippen molar-refractivity contribution in [2.45, 2.75) is 43.4 Å². The van der Waals surface area contributed by atoms with Gasteiger partial charge in [0.2, 0.25) is 0 Å². The Bertz CT molecular complexity index is 978. The number of carbonyl (C=O) groups excluding carboxylic acids is 2. The van der Waals surface area contributed by atoms with Gasteiger partial charge in [-0.2, -0.15) is 0 Å². The minimum Gasteiger partial charge on any atom is -0.500 e. The zero-order valence-electron chi connectivity index (χ0n) is 17.4. The van der Waals surface area contributed by atoms with Crippen LogP contribution in [0.15, 0.2) is 41.4 Å². The Morgan fingerprint density at radius 2 is 1.93 bits per heavy atom. The van der Waals surface area contributed by atoms with Gasteiger partial charge in [-0.1, -0.05) is 22.0 Å². The second-order valence-electron chi connectivity index (χ2n) is 7.93. The number of methoxy groups -OCH3 is 2. The van der Waals surface area contributed by atoms with Gasteiger partial charge in [-0.25, -0.2) is 0 Å². The lowest BCUT2D eigenvalue weighted by Crippen LogP contribution is -2.55. The first-order valence-electron chi connectivity index (χ1n) is 9.57. The van der Waals surface area contributed by atoms with E-state index in [1.54, 1.807) is 24.3 Å². The highest BCUT2D eigenvalue weighted by Crippen LogP contribution is 2.50. The van der Waals surface area contributed by atoms with Crippen molar-refractivity contribution in [2.24, 2.45) is 5.92 Å². The molecule has 7 nitrogen and oxygen atoms in total. The minimum absolute atomic E-state index is 0.155. The second kappa shape index (κ2) is 7.34. The highest BCUT2D eigenvalue weighted by molar-refractivity contribution is 9.09. The Hall–Kier alpha value is -2.48. The maximum atomic E-state index is 13.5. The molecule has 0 N–H and O–H groups in total. The lowest BCUT2D eigenvalue weighted by atomic mass is 9.76. The summed E-state index contributed by atoms with van der Waals surface area (Å²) in [5.74, 6) is 0.397. The largest absolute Gasteiger partial charge is 0.500 e. The Kier molecular flexibility index (Phi) is 5.08. The number of benzene rings is 1. The lowest BCUT2D eigenvalue weighted by molar-refractivity contribution is -0.149. The molecule has 0 amide bonds. The van der Waals surface area contributed by atoms with Gasteiger partial charge in [0.15, 0.2) is 17.3 Å². The molecule has 0 saturated carbocycles. The molecule has 2 aliphatic heterocycles. The summed E-state index contributed by atoms with van der Waals surface area (Å²) in [6, 6.07) is 5.17. The van der Waals surface area contributed by atoms with E-state index in [9.17, 15) is 9.59 Å². The average Bonchev–Trinajstić information content (AvgIpc) is 2.69. The van der Waals surface area contributed by atoms with Gasteiger partial charge in [0.25, 0.3) is 0 Å². The molecule has 4 atom stereocenters. The molecule has 0 radical (unpaired) electrons. The van der Waals surface area contributed by atoms with Gasteiger partial charge in [0, 0.05) is 13.0 Å². The summed E-state index contributed by atoms with van der Waals surface area (Å²) < 4.78 is 29.2. The second-order valence-corrected chi connectivity index (χ2v) is 8.91. The van der Waals surface area contributed by atoms with E-state index in [1.165, 1.54) is 21.1 Å². The number of alkyl halides is 1. The van der Waals surface area contributed by atoms with Crippen molar-refractivity contribution in [3.63, 3.8) is 0 Å². The van der Waals surface area contributed by atoms with E-state index in [2.05, 4.69) is 15.9 Å². The van der Waals surface area contributed by atoms with E-state index >= 15 is 0 Å². The predicted molar refractivity (Wildman–Crippen MR) is 111 cm³/mol. The van der Waals surface area contributed by atoms with E-state index in [4.69, 9.17) is 23.7 Å². The summed E-state index contributed by atoms with van der Waals surface area (Å²) in [5, 5.41) is 0. The van der Waals surface area contributed by atoms with E-state index in [-0.39, 0.29) is 10.6 Å². The molecule has 1 aromatic carbocycles. The van der Waals surface area contributed by atoms with Crippen LogP contribution >= 0.6 is 15.9 Å². The first kappa shape index (κ1) is 20.8. The van der Waals surface area contributed by atoms with E-state index in [0.29, 0.717) is 34.2 Å². The third-order valence-corrected chi connectivity index (χ3v) is 7.19. The van der Waals surface area contributed by atoms with Crippen LogP contribution in [-0.4, -0.2) is 48.6 Å². The molecule has 1 aromatic rings. The van der Waals surface area contributed by atoms with Crippen LogP contribution in [0.4, 0.5) is 0 Å². The van der Waals surface area contributed by atoms with Crippen molar-refractivity contribution >= 4 is 27.7 Å². The van der Waals surface area contributed by atoms with Crippen molar-refractivity contribution in [2.75, 3.05) is 14.2 Å². The van der Waals surface area contributed by atoms with Crippen molar-refractivity contribution in [1.82, 2.24) is 0 Å². The number of Topliss-reactive ketones (excluding diaryl/α,β-unsaturated/α-hetero) is 1. The minimum atomic E-state index is -0.767. The number of carbonyl (C=O) groups is 2. The van der Waals surface area contributed by atoms with Gasteiger partial charge in [0.05, 0.1) is 30.2 Å². The van der Waals surface area contributed by atoms with Gasteiger partial charge >= 0.3 is 5.97 Å². The Labute approximate surface area is 183 Å². The molecule has 30 heavy (non-hydrogen) atoms. The van der Waals surface area contributed by atoms with Crippen LogP contribution in [0.25, 0.3) is 0 Å². The fraction of sp³-hybridized carbons (Fsp3) is 0.455. The summed E-state index contributed by atoms with van der Waals surface area (Å²) in [7, 11) is 3.03. The number of rotatable bonds is 3. The van der Waals surface area contributed by atoms with Crippen molar-refractivity contribution < 1.29 is 33.3 Å². The highest BCUT2D eigenvalue weighted by Gasteiger charge is 2.55. The molecule has 2 unspecified atom stereocenters. The molecule has 2 heterocycles. The number of halogens is 1. The first-order valence-corrected chi connectivity index (χ1v) is 10.5. The van der Waals surface area contributed by atoms with Gasteiger partial charge in [-0.3, -0.25) is 9.59 Å². The van der Waals surface area contributed by atoms with Gasteiger partial charge in [-0.05, 0) is 26.0 Å². The number of esters is 1. The van der Waals surface area contributed by atoms with Crippen LogP contribution in [0.1, 0.15) is 31.1 Å². The van der Waals surface area contributed by atoms with Crippen LogP contribution in [-0.2, 0) is 19.0 Å². The SMILES string of the molecule is COC1=CC2=C(C3Oc4c(OC)cccc4C(=O)C13)[C@H](OC(C)=O)[C@@H](Br)C(C)(C)O2. The highest BCUT2D eigenvalue weighted by atomic mass is 79.9. The number of allylic oxidation sites excluding steroid dienone is 1. The first-order chi connectivity index (χ1) is 14.2. The molecule has 160 valence electrons. The lowest BCUT2D eigenvalue weighted by Gasteiger charge is -2.47. The van der Waals surface area contributed by atoms with E-state index < -0.39 is 29.7 Å². The predicted octanol–water partition coefficient (Wildman–Crippen LogP) is 3.56. The van der Waals surface area contributed by atoms with E-state index in [0.717, 1.165) is 0 Å². The normalized spacial score (nSPS) is 28.7. The molecule has 4 rings (SSSR count). The monoisotopic (exact) mass is 478 g/mol. The average molecular weight is 479 g/mol. The fourth-order valence-electron chi connectivity index (χ4n) is 4.20. The summed E-state index contributed by atoms with van der Waals surface area (Å²) >= 11 is 3.64. The molecule has 8 heteroatoms. The van der Waals surface area contributed by atoms with Crippen LogP contribution < -0.4 is 9.47 Å². The number of ether oxygens (including phenoxy) is 5. The molecule has 3 aliphatic rings. The Morgan fingerprint density at radius 3 is 2.57 bits per heavy atom. The van der Waals surface area contributed by atoms with Crippen LogP contribution in [0.5, 0.6) is 11.5 Å². The van der Waals surface area contributed by atoms with Gasteiger partial charge in [0.1, 0.15) is 35.2 Å². The van der Waals surface area contributed by atoms with Crippen molar-refractivity contribution in [1.29, 1.82) is 0 Å². The quantitative estimate of drug-likeness (QED) is 0.485. The number of ketones is 1. The number of hydrogen-bond acceptors (Lipinski definition) is 7. The third kappa shape index (κ3) is 3.09. The van der Waals surface area contributed by atoms with Crippen LogP contribution in [0.2, 0.25) is 0 Å². The number of fused-ring (bicyclic) bond motifs is 3.